The van der Waals surface area contributed by atoms with Gasteiger partial charge in [-0.15, -0.1) is 0 Å². The Hall–Kier alpha value is -2.04. The van der Waals surface area contributed by atoms with Crippen molar-refractivity contribution in [3.05, 3.63) is 29.8 Å². The lowest BCUT2D eigenvalue weighted by Gasteiger charge is -2.28. The van der Waals surface area contributed by atoms with Crippen molar-refractivity contribution in [2.75, 3.05) is 24.5 Å². The molecule has 0 saturated carbocycles. The minimum absolute atomic E-state index is 0.0526. The third-order valence-corrected chi connectivity index (χ3v) is 3.20. The fourth-order valence-corrected chi connectivity index (χ4v) is 2.18. The Morgan fingerprint density at radius 3 is 2.68 bits per heavy atom. The molecule has 1 aliphatic heterocycles. The predicted octanol–water partition coefficient (Wildman–Crippen LogP) is 1.03. The van der Waals surface area contributed by atoms with Crippen molar-refractivity contribution in [1.29, 1.82) is 0 Å². The van der Waals surface area contributed by atoms with Gasteiger partial charge in [-0.3, -0.25) is 9.59 Å². The Balaban J connectivity index is 1.90. The van der Waals surface area contributed by atoms with Crippen LogP contribution in [0.1, 0.15) is 18.4 Å². The Morgan fingerprint density at radius 2 is 2.05 bits per heavy atom. The molecule has 0 spiro atoms. The molecule has 0 radical (unpaired) electrons. The molecule has 102 valence electrons. The summed E-state index contributed by atoms with van der Waals surface area (Å²) in [6.07, 6.45) is 1.63. The second-order valence-corrected chi connectivity index (χ2v) is 4.69. The molecule has 5 nitrogen and oxygen atoms in total. The molecule has 0 bridgehead atoms. The van der Waals surface area contributed by atoms with E-state index in [-0.39, 0.29) is 12.3 Å². The normalized spacial score (nSPS) is 15.2. The molecule has 19 heavy (non-hydrogen) atoms. The van der Waals surface area contributed by atoms with Gasteiger partial charge in [-0.25, -0.2) is 0 Å². The van der Waals surface area contributed by atoms with E-state index in [1.54, 1.807) is 0 Å². The van der Waals surface area contributed by atoms with E-state index in [0.29, 0.717) is 19.5 Å². The lowest BCUT2D eigenvalue weighted by molar-refractivity contribution is -0.137. The van der Waals surface area contributed by atoms with Crippen LogP contribution in [0, 0.1) is 0 Å². The fraction of sp³-hybridized carbons (Fsp3) is 0.429. The summed E-state index contributed by atoms with van der Waals surface area (Å²) in [5.41, 5.74) is 2.17. The number of aryl methyl sites for hydroxylation is 1. The van der Waals surface area contributed by atoms with Crippen molar-refractivity contribution < 1.29 is 14.7 Å². The van der Waals surface area contributed by atoms with Crippen LogP contribution in [-0.4, -0.2) is 36.6 Å². The smallest absolute Gasteiger partial charge is 0.303 e. The zero-order valence-corrected chi connectivity index (χ0v) is 10.8. The zero-order chi connectivity index (χ0) is 13.7. The second kappa shape index (κ2) is 6.22. The summed E-state index contributed by atoms with van der Waals surface area (Å²) in [6, 6.07) is 8.00. The van der Waals surface area contributed by atoms with E-state index < -0.39 is 5.97 Å². The van der Waals surface area contributed by atoms with Gasteiger partial charge in [0.25, 0.3) is 0 Å². The first-order valence-corrected chi connectivity index (χ1v) is 6.47. The molecule has 1 aliphatic rings. The minimum Gasteiger partial charge on any atom is -0.481 e. The molecular formula is C14H18N2O3. The van der Waals surface area contributed by atoms with E-state index in [2.05, 4.69) is 5.32 Å². The lowest BCUT2D eigenvalue weighted by atomic mass is 10.1. The Bertz CT molecular complexity index is 456. The van der Waals surface area contributed by atoms with Crippen LogP contribution in [0.3, 0.4) is 0 Å². The molecule has 1 saturated heterocycles. The van der Waals surface area contributed by atoms with E-state index in [1.807, 2.05) is 29.2 Å². The van der Waals surface area contributed by atoms with Crippen LogP contribution in [0.2, 0.25) is 0 Å². The summed E-state index contributed by atoms with van der Waals surface area (Å²) in [4.78, 5) is 23.8. The molecule has 1 heterocycles. The van der Waals surface area contributed by atoms with Gasteiger partial charge < -0.3 is 15.3 Å². The Labute approximate surface area is 112 Å². The summed E-state index contributed by atoms with van der Waals surface area (Å²) in [7, 11) is 0. The number of carbonyl (C=O) groups is 2. The zero-order valence-electron chi connectivity index (χ0n) is 10.8. The van der Waals surface area contributed by atoms with Crippen molar-refractivity contribution in [3.8, 4) is 0 Å². The van der Waals surface area contributed by atoms with E-state index in [9.17, 15) is 9.59 Å². The number of carboxylic acid groups (broad SMARTS) is 1. The largest absolute Gasteiger partial charge is 0.481 e. The van der Waals surface area contributed by atoms with Crippen LogP contribution in [0.25, 0.3) is 0 Å². The van der Waals surface area contributed by atoms with E-state index >= 15 is 0 Å². The van der Waals surface area contributed by atoms with Crippen molar-refractivity contribution in [2.45, 2.75) is 19.3 Å². The number of nitrogens with zero attached hydrogens (tertiary/aromatic N) is 1. The Kier molecular flexibility index (Phi) is 4.39. The first-order valence-electron chi connectivity index (χ1n) is 6.47. The number of hydrogen-bond acceptors (Lipinski definition) is 3. The van der Waals surface area contributed by atoms with E-state index in [0.717, 1.165) is 24.2 Å². The van der Waals surface area contributed by atoms with Crippen LogP contribution in [-0.2, 0) is 16.0 Å². The number of benzene rings is 1. The second-order valence-electron chi connectivity index (χ2n) is 4.69. The number of carboxylic acids is 1. The summed E-state index contributed by atoms with van der Waals surface area (Å²) in [5, 5.41) is 11.4. The number of anilines is 1. The highest BCUT2D eigenvalue weighted by atomic mass is 16.4. The maximum absolute atomic E-state index is 11.3. The Morgan fingerprint density at radius 1 is 1.32 bits per heavy atom. The molecule has 0 atom stereocenters. The average Bonchev–Trinajstić information content (AvgIpc) is 2.39. The van der Waals surface area contributed by atoms with Gasteiger partial charge in [0, 0.05) is 25.2 Å². The number of nitrogens with one attached hydrogen (secondary N) is 1. The van der Waals surface area contributed by atoms with Gasteiger partial charge in [0.05, 0.1) is 6.54 Å². The van der Waals surface area contributed by atoms with Crippen LogP contribution < -0.4 is 10.2 Å². The molecule has 0 unspecified atom stereocenters. The fourth-order valence-electron chi connectivity index (χ4n) is 2.18. The van der Waals surface area contributed by atoms with Gasteiger partial charge >= 0.3 is 5.97 Å². The van der Waals surface area contributed by atoms with Gasteiger partial charge in [0.15, 0.2) is 0 Å². The summed E-state index contributed by atoms with van der Waals surface area (Å²) < 4.78 is 0. The summed E-state index contributed by atoms with van der Waals surface area (Å²) >= 11 is 0. The molecule has 1 aromatic carbocycles. The number of aliphatic carboxylic acids is 1. The standard InChI is InChI=1S/C14H18N2O3/c17-13-10-16(9-8-15-13)12-6-4-11(5-7-12)2-1-3-14(18)19/h4-7H,1-3,8-10H2,(H,15,17)(H,18,19). The van der Waals surface area contributed by atoms with Crippen molar-refractivity contribution in [3.63, 3.8) is 0 Å². The van der Waals surface area contributed by atoms with Crippen molar-refractivity contribution >= 4 is 17.6 Å². The van der Waals surface area contributed by atoms with Crippen LogP contribution in [0.5, 0.6) is 0 Å². The topological polar surface area (TPSA) is 69.6 Å². The quantitative estimate of drug-likeness (QED) is 0.831. The van der Waals surface area contributed by atoms with Gasteiger partial charge in [-0.1, -0.05) is 12.1 Å². The molecule has 1 aromatic rings. The number of carbonyl (C=O) groups excluding carboxylic acids is 1. The maximum Gasteiger partial charge on any atom is 0.303 e. The van der Waals surface area contributed by atoms with Gasteiger partial charge in [-0.2, -0.15) is 0 Å². The van der Waals surface area contributed by atoms with Gasteiger partial charge in [0.1, 0.15) is 0 Å². The molecule has 0 aromatic heterocycles. The minimum atomic E-state index is -0.754. The van der Waals surface area contributed by atoms with Crippen LogP contribution >= 0.6 is 0 Å². The average molecular weight is 262 g/mol. The number of hydrogen-bond donors (Lipinski definition) is 2. The number of rotatable bonds is 5. The molecular weight excluding hydrogens is 244 g/mol. The first kappa shape index (κ1) is 13.4. The third-order valence-electron chi connectivity index (χ3n) is 3.20. The number of amides is 1. The monoisotopic (exact) mass is 262 g/mol. The van der Waals surface area contributed by atoms with Crippen LogP contribution in [0.15, 0.2) is 24.3 Å². The van der Waals surface area contributed by atoms with Gasteiger partial charge in [-0.05, 0) is 30.5 Å². The molecule has 2 N–H and O–H groups in total. The first-order chi connectivity index (χ1) is 9.15. The maximum atomic E-state index is 11.3. The molecule has 2 rings (SSSR count). The van der Waals surface area contributed by atoms with Gasteiger partial charge in [0.2, 0.25) is 5.91 Å². The van der Waals surface area contributed by atoms with E-state index in [1.165, 1.54) is 0 Å². The SMILES string of the molecule is O=C(O)CCCc1ccc(N2CCNC(=O)C2)cc1. The van der Waals surface area contributed by atoms with Crippen LogP contribution in [0.4, 0.5) is 5.69 Å². The lowest BCUT2D eigenvalue weighted by Crippen LogP contribution is -2.47. The summed E-state index contributed by atoms with van der Waals surface area (Å²) in [6.45, 7) is 1.90. The molecule has 0 aliphatic carbocycles. The highest BCUT2D eigenvalue weighted by Gasteiger charge is 2.15. The summed E-state index contributed by atoms with van der Waals surface area (Å²) in [5.74, 6) is -0.701. The highest BCUT2D eigenvalue weighted by Crippen LogP contribution is 2.17. The van der Waals surface area contributed by atoms with Crippen molar-refractivity contribution in [1.82, 2.24) is 5.32 Å². The predicted molar refractivity (Wildman–Crippen MR) is 72.2 cm³/mol. The molecule has 1 fully saturated rings. The highest BCUT2D eigenvalue weighted by molar-refractivity contribution is 5.82. The third kappa shape index (κ3) is 3.98. The van der Waals surface area contributed by atoms with Crippen molar-refractivity contribution in [2.24, 2.45) is 0 Å². The molecule has 1 amide bonds. The van der Waals surface area contributed by atoms with E-state index in [4.69, 9.17) is 5.11 Å². The molecule has 5 heteroatoms. The number of piperazine rings is 1.